The van der Waals surface area contributed by atoms with Gasteiger partial charge >= 0.3 is 12.1 Å². The van der Waals surface area contributed by atoms with Crippen molar-refractivity contribution < 1.29 is 24.2 Å². The maximum absolute atomic E-state index is 12.8. The summed E-state index contributed by atoms with van der Waals surface area (Å²) in [5.41, 5.74) is 5.44. The maximum Gasteiger partial charge on any atom is 0.407 e. The third-order valence-electron chi connectivity index (χ3n) is 6.04. The summed E-state index contributed by atoms with van der Waals surface area (Å²) >= 11 is 0. The van der Waals surface area contributed by atoms with Gasteiger partial charge in [0.1, 0.15) is 12.6 Å². The van der Waals surface area contributed by atoms with E-state index in [2.05, 4.69) is 20.8 Å². The van der Waals surface area contributed by atoms with Gasteiger partial charge in [-0.3, -0.25) is 14.7 Å². The number of rotatable bonds is 7. The number of H-pyrrole nitrogens is 1. The van der Waals surface area contributed by atoms with Gasteiger partial charge in [0, 0.05) is 17.0 Å². The molecule has 0 saturated carbocycles. The number of hydrogen-bond donors (Lipinski definition) is 4. The van der Waals surface area contributed by atoms with Crippen molar-refractivity contribution in [3.8, 4) is 11.1 Å². The monoisotopic (exact) mass is 470 g/mol. The van der Waals surface area contributed by atoms with Crippen molar-refractivity contribution in [1.82, 2.24) is 15.5 Å². The van der Waals surface area contributed by atoms with Gasteiger partial charge in [-0.05, 0) is 40.5 Å². The van der Waals surface area contributed by atoms with Gasteiger partial charge in [0.25, 0.3) is 0 Å². The average Bonchev–Trinajstić information content (AvgIpc) is 3.44. The van der Waals surface area contributed by atoms with E-state index in [-0.39, 0.29) is 12.5 Å². The van der Waals surface area contributed by atoms with Gasteiger partial charge in [0.05, 0.1) is 18.1 Å². The smallest absolute Gasteiger partial charge is 0.407 e. The SMILES string of the molecule is O=C(O)CC(NC(=O)OCC1c2ccccc2-c2ccccc21)C(=O)Nc1ccc2cn[nH]c2c1. The third kappa shape index (κ3) is 4.56. The molecule has 0 saturated heterocycles. The molecule has 0 radical (unpaired) electrons. The zero-order chi connectivity index (χ0) is 24.4. The number of hydrogen-bond acceptors (Lipinski definition) is 5. The highest BCUT2D eigenvalue weighted by atomic mass is 16.5. The van der Waals surface area contributed by atoms with E-state index in [1.807, 2.05) is 48.5 Å². The van der Waals surface area contributed by atoms with Crippen LogP contribution in [-0.4, -0.2) is 45.9 Å². The van der Waals surface area contributed by atoms with Crippen LogP contribution in [0.4, 0.5) is 10.5 Å². The molecule has 1 aliphatic rings. The lowest BCUT2D eigenvalue weighted by atomic mass is 9.98. The fraction of sp³-hybridized carbons (Fsp3) is 0.154. The highest BCUT2D eigenvalue weighted by Crippen LogP contribution is 2.44. The normalized spacial score (nSPS) is 13.0. The van der Waals surface area contributed by atoms with E-state index in [0.717, 1.165) is 27.6 Å². The van der Waals surface area contributed by atoms with Gasteiger partial charge in [0.15, 0.2) is 0 Å². The van der Waals surface area contributed by atoms with E-state index in [4.69, 9.17) is 4.74 Å². The molecule has 5 rings (SSSR count). The second-order valence-corrected chi connectivity index (χ2v) is 8.28. The molecule has 2 amide bonds. The van der Waals surface area contributed by atoms with Crippen LogP contribution in [0.25, 0.3) is 22.0 Å². The Morgan fingerprint density at radius 1 is 1.00 bits per heavy atom. The number of carboxylic acids is 1. The molecule has 1 unspecified atom stereocenters. The minimum absolute atomic E-state index is 0.0533. The Hall–Kier alpha value is -4.66. The van der Waals surface area contributed by atoms with Crippen LogP contribution in [0, 0.1) is 0 Å². The van der Waals surface area contributed by atoms with E-state index in [1.165, 1.54) is 0 Å². The molecular formula is C26H22N4O5. The molecule has 0 bridgehead atoms. The van der Waals surface area contributed by atoms with Gasteiger partial charge in [-0.1, -0.05) is 48.5 Å². The predicted octanol–water partition coefficient (Wildman–Crippen LogP) is 3.88. The number of nitrogens with zero attached hydrogens (tertiary/aromatic N) is 1. The molecule has 9 nitrogen and oxygen atoms in total. The number of nitrogens with one attached hydrogen (secondary N) is 3. The van der Waals surface area contributed by atoms with Gasteiger partial charge in [0.2, 0.25) is 5.91 Å². The van der Waals surface area contributed by atoms with Crippen LogP contribution >= 0.6 is 0 Å². The Labute approximate surface area is 200 Å². The van der Waals surface area contributed by atoms with Gasteiger partial charge < -0.3 is 20.5 Å². The van der Waals surface area contributed by atoms with E-state index in [0.29, 0.717) is 11.2 Å². The van der Waals surface area contributed by atoms with Gasteiger partial charge in [-0.2, -0.15) is 5.10 Å². The maximum atomic E-state index is 12.8. The van der Waals surface area contributed by atoms with Crippen molar-refractivity contribution in [2.75, 3.05) is 11.9 Å². The fourth-order valence-corrected chi connectivity index (χ4v) is 4.41. The first-order valence-corrected chi connectivity index (χ1v) is 11.1. The van der Waals surface area contributed by atoms with E-state index < -0.39 is 30.4 Å². The van der Waals surface area contributed by atoms with Crippen LogP contribution in [0.1, 0.15) is 23.5 Å². The largest absolute Gasteiger partial charge is 0.481 e. The molecule has 0 fully saturated rings. The summed E-state index contributed by atoms with van der Waals surface area (Å²) in [6.45, 7) is 0.0533. The van der Waals surface area contributed by atoms with Crippen LogP contribution in [-0.2, 0) is 14.3 Å². The molecule has 35 heavy (non-hydrogen) atoms. The average molecular weight is 470 g/mol. The number of carbonyl (C=O) groups is 3. The van der Waals surface area contributed by atoms with E-state index >= 15 is 0 Å². The number of carbonyl (C=O) groups excluding carboxylic acids is 2. The van der Waals surface area contributed by atoms with Crippen molar-refractivity contribution in [2.45, 2.75) is 18.4 Å². The van der Waals surface area contributed by atoms with Crippen molar-refractivity contribution in [3.05, 3.63) is 84.1 Å². The number of fused-ring (bicyclic) bond motifs is 4. The Balaban J connectivity index is 1.26. The molecule has 9 heteroatoms. The van der Waals surface area contributed by atoms with Crippen LogP contribution in [0.3, 0.4) is 0 Å². The molecule has 1 atom stereocenters. The summed E-state index contributed by atoms with van der Waals surface area (Å²) in [6, 6.07) is 19.6. The summed E-state index contributed by atoms with van der Waals surface area (Å²) in [6.07, 6.45) is 0.187. The quantitative estimate of drug-likeness (QED) is 0.324. The molecule has 1 heterocycles. The van der Waals surface area contributed by atoms with Crippen molar-refractivity contribution in [1.29, 1.82) is 0 Å². The summed E-state index contributed by atoms with van der Waals surface area (Å²) in [7, 11) is 0. The lowest BCUT2D eigenvalue weighted by molar-refractivity contribution is -0.139. The van der Waals surface area contributed by atoms with Gasteiger partial charge in [-0.25, -0.2) is 4.79 Å². The van der Waals surface area contributed by atoms with Crippen LogP contribution in [0.5, 0.6) is 0 Å². The highest BCUT2D eigenvalue weighted by Gasteiger charge is 2.30. The molecule has 1 aromatic heterocycles. The standard InChI is InChI=1S/C26H22N4O5/c31-24(32)12-23(25(33)28-16-10-9-15-13-27-30-22(15)11-16)29-26(34)35-14-21-19-7-3-1-5-17(19)18-6-2-4-8-20(18)21/h1-11,13,21,23H,12,14H2,(H,27,30)(H,28,33)(H,29,34)(H,31,32). The second-order valence-electron chi connectivity index (χ2n) is 8.28. The first kappa shape index (κ1) is 22.1. The van der Waals surface area contributed by atoms with Crippen molar-refractivity contribution in [2.24, 2.45) is 0 Å². The fourth-order valence-electron chi connectivity index (χ4n) is 4.41. The number of amides is 2. The summed E-state index contributed by atoms with van der Waals surface area (Å²) in [5.74, 6) is -2.05. The van der Waals surface area contributed by atoms with Gasteiger partial charge in [-0.15, -0.1) is 0 Å². The lowest BCUT2D eigenvalue weighted by Gasteiger charge is -2.19. The molecule has 4 aromatic rings. The first-order chi connectivity index (χ1) is 17.0. The molecule has 1 aliphatic carbocycles. The molecule has 0 spiro atoms. The minimum Gasteiger partial charge on any atom is -0.481 e. The number of carboxylic acid groups (broad SMARTS) is 1. The Bertz CT molecular complexity index is 1380. The molecule has 176 valence electrons. The number of aromatic amines is 1. The Morgan fingerprint density at radius 3 is 2.37 bits per heavy atom. The summed E-state index contributed by atoms with van der Waals surface area (Å²) in [5, 5.41) is 21.9. The number of benzene rings is 3. The van der Waals surface area contributed by atoms with Crippen molar-refractivity contribution in [3.63, 3.8) is 0 Å². The topological polar surface area (TPSA) is 133 Å². The molecule has 0 aliphatic heterocycles. The van der Waals surface area contributed by atoms with E-state index in [1.54, 1.807) is 24.4 Å². The first-order valence-electron chi connectivity index (χ1n) is 11.1. The summed E-state index contributed by atoms with van der Waals surface area (Å²) < 4.78 is 5.46. The van der Waals surface area contributed by atoms with Crippen LogP contribution < -0.4 is 10.6 Å². The molecular weight excluding hydrogens is 448 g/mol. The number of alkyl carbamates (subject to hydrolysis) is 1. The molecule has 4 N–H and O–H groups in total. The second kappa shape index (κ2) is 9.30. The predicted molar refractivity (Wildman–Crippen MR) is 129 cm³/mol. The molecule has 3 aromatic carbocycles. The lowest BCUT2D eigenvalue weighted by Crippen LogP contribution is -2.45. The Kier molecular flexibility index (Phi) is 5.88. The zero-order valence-electron chi connectivity index (χ0n) is 18.5. The minimum atomic E-state index is -1.32. The zero-order valence-corrected chi connectivity index (χ0v) is 18.5. The van der Waals surface area contributed by atoms with Crippen LogP contribution in [0.15, 0.2) is 72.9 Å². The summed E-state index contributed by atoms with van der Waals surface area (Å²) in [4.78, 5) is 36.7. The highest BCUT2D eigenvalue weighted by molar-refractivity contribution is 5.99. The Morgan fingerprint density at radius 2 is 1.69 bits per heavy atom. The number of aliphatic carboxylic acids is 1. The number of aromatic nitrogens is 2. The van der Waals surface area contributed by atoms with Crippen LogP contribution in [0.2, 0.25) is 0 Å². The van der Waals surface area contributed by atoms with E-state index in [9.17, 15) is 19.5 Å². The number of anilines is 1. The number of ether oxygens (including phenoxy) is 1. The van der Waals surface area contributed by atoms with Crippen molar-refractivity contribution >= 4 is 34.6 Å². The third-order valence-corrected chi connectivity index (χ3v) is 6.04.